The minimum Gasteiger partial charge on any atom is -0.386 e. The summed E-state index contributed by atoms with van der Waals surface area (Å²) < 4.78 is 16.2. The van der Waals surface area contributed by atoms with Crippen molar-refractivity contribution in [3.63, 3.8) is 0 Å². The van der Waals surface area contributed by atoms with Crippen molar-refractivity contribution in [2.45, 2.75) is 30.3 Å². The zero-order valence-electron chi connectivity index (χ0n) is 16.0. The van der Waals surface area contributed by atoms with Crippen LogP contribution in [0.5, 0.6) is 0 Å². The van der Waals surface area contributed by atoms with E-state index in [1.807, 2.05) is 24.3 Å². The van der Waals surface area contributed by atoms with Crippen LogP contribution in [0, 0.1) is 0 Å². The topological polar surface area (TPSA) is 90.0 Å². The molecule has 0 aliphatic heterocycles. The van der Waals surface area contributed by atoms with E-state index in [1.54, 1.807) is 37.9 Å². The minimum atomic E-state index is -1.17. The molecule has 0 saturated heterocycles. The number of rotatable bonds is 4. The van der Waals surface area contributed by atoms with E-state index < -0.39 is 16.4 Å². The number of benzene rings is 1. The van der Waals surface area contributed by atoms with E-state index in [9.17, 15) is 14.1 Å². The van der Waals surface area contributed by atoms with Crippen molar-refractivity contribution >= 4 is 43.4 Å². The summed E-state index contributed by atoms with van der Waals surface area (Å²) in [6, 6.07) is 7.50. The SMILES string of the molecule is Cn1c2nc(S(C)=O)sc2c2cnn(Cc3cccc(C(C)(C)O)c3)c(=O)c21. The van der Waals surface area contributed by atoms with E-state index in [-0.39, 0.29) is 5.56 Å². The molecule has 0 amide bonds. The molecule has 28 heavy (non-hydrogen) atoms. The highest BCUT2D eigenvalue weighted by Crippen LogP contribution is 2.31. The first-order valence-corrected chi connectivity index (χ1v) is 11.0. The Balaban J connectivity index is 1.82. The lowest BCUT2D eigenvalue weighted by Gasteiger charge is -2.18. The first-order valence-electron chi connectivity index (χ1n) is 8.67. The molecule has 1 aromatic carbocycles. The summed E-state index contributed by atoms with van der Waals surface area (Å²) in [5.41, 5.74) is 1.66. The van der Waals surface area contributed by atoms with Gasteiger partial charge in [0.1, 0.15) is 5.52 Å². The third-order valence-electron chi connectivity index (χ3n) is 4.72. The van der Waals surface area contributed by atoms with Crippen molar-refractivity contribution in [2.24, 2.45) is 7.05 Å². The second kappa shape index (κ2) is 6.61. The maximum atomic E-state index is 13.1. The van der Waals surface area contributed by atoms with Gasteiger partial charge in [-0.3, -0.25) is 9.00 Å². The average molecular weight is 417 g/mol. The lowest BCUT2D eigenvalue weighted by molar-refractivity contribution is 0.0785. The van der Waals surface area contributed by atoms with Crippen LogP contribution in [0.3, 0.4) is 0 Å². The van der Waals surface area contributed by atoms with Gasteiger partial charge in [-0.1, -0.05) is 24.3 Å². The molecule has 4 aromatic rings. The van der Waals surface area contributed by atoms with Crippen LogP contribution in [0.15, 0.2) is 39.6 Å². The Morgan fingerprint density at radius 2 is 2.07 bits per heavy atom. The molecule has 146 valence electrons. The van der Waals surface area contributed by atoms with Crippen molar-refractivity contribution in [3.8, 4) is 0 Å². The maximum Gasteiger partial charge on any atom is 0.291 e. The molecule has 1 unspecified atom stereocenters. The van der Waals surface area contributed by atoms with Gasteiger partial charge in [-0.2, -0.15) is 5.10 Å². The van der Waals surface area contributed by atoms with Gasteiger partial charge in [0, 0.05) is 18.7 Å². The molecule has 0 bridgehead atoms. The predicted octanol–water partition coefficient (Wildman–Crippen LogP) is 2.36. The van der Waals surface area contributed by atoms with E-state index in [4.69, 9.17) is 0 Å². The maximum absolute atomic E-state index is 13.1. The second-order valence-corrected chi connectivity index (χ2v) is 9.83. The summed E-state index contributed by atoms with van der Waals surface area (Å²) in [5.74, 6) is 0. The molecule has 4 rings (SSSR count). The van der Waals surface area contributed by atoms with Crippen molar-refractivity contribution in [2.75, 3.05) is 6.26 Å². The summed E-state index contributed by atoms with van der Waals surface area (Å²) in [6.45, 7) is 3.75. The molecule has 0 aliphatic rings. The van der Waals surface area contributed by atoms with Gasteiger partial charge in [-0.25, -0.2) is 9.67 Å². The number of nitrogens with zero attached hydrogens (tertiary/aromatic N) is 4. The Morgan fingerprint density at radius 3 is 2.75 bits per heavy atom. The van der Waals surface area contributed by atoms with E-state index >= 15 is 0 Å². The molecule has 3 aromatic heterocycles. The Bertz CT molecular complexity index is 1290. The third kappa shape index (κ3) is 3.09. The zero-order chi connectivity index (χ0) is 20.2. The molecule has 1 N–H and O–H groups in total. The van der Waals surface area contributed by atoms with Gasteiger partial charge in [0.2, 0.25) is 0 Å². The number of hydrogen-bond acceptors (Lipinski definition) is 6. The van der Waals surface area contributed by atoms with Gasteiger partial charge < -0.3 is 9.67 Å². The Kier molecular flexibility index (Phi) is 4.48. The molecule has 0 saturated carbocycles. The summed E-state index contributed by atoms with van der Waals surface area (Å²) in [6.07, 6.45) is 3.26. The summed E-state index contributed by atoms with van der Waals surface area (Å²) in [7, 11) is 0.618. The number of aliphatic hydroxyl groups is 1. The highest BCUT2D eigenvalue weighted by atomic mass is 32.2. The minimum absolute atomic E-state index is 0.210. The van der Waals surface area contributed by atoms with Crippen LogP contribution in [0.25, 0.3) is 21.3 Å². The molecule has 3 heterocycles. The second-order valence-electron chi connectivity index (χ2n) is 7.27. The van der Waals surface area contributed by atoms with Crippen LogP contribution in [-0.4, -0.2) is 34.9 Å². The summed E-state index contributed by atoms with van der Waals surface area (Å²) in [5, 5.41) is 15.3. The predicted molar refractivity (Wildman–Crippen MR) is 111 cm³/mol. The number of aromatic nitrogens is 4. The molecule has 9 heteroatoms. The fourth-order valence-corrected chi connectivity index (χ4v) is 5.00. The highest BCUT2D eigenvalue weighted by Gasteiger charge is 2.20. The normalized spacial score (nSPS) is 13.5. The van der Waals surface area contributed by atoms with Gasteiger partial charge >= 0.3 is 0 Å². The highest BCUT2D eigenvalue weighted by molar-refractivity contribution is 7.86. The Hall–Kier alpha value is -2.36. The van der Waals surface area contributed by atoms with Crippen LogP contribution >= 0.6 is 11.3 Å². The lowest BCUT2D eigenvalue weighted by Crippen LogP contribution is -2.25. The molecule has 0 fully saturated rings. The number of hydrogen-bond donors (Lipinski definition) is 1. The fourth-order valence-electron chi connectivity index (χ4n) is 3.23. The number of fused-ring (bicyclic) bond motifs is 3. The number of thiazole rings is 1. The van der Waals surface area contributed by atoms with Crippen molar-refractivity contribution in [1.29, 1.82) is 0 Å². The van der Waals surface area contributed by atoms with E-state index in [2.05, 4.69) is 10.1 Å². The van der Waals surface area contributed by atoms with Crippen molar-refractivity contribution in [1.82, 2.24) is 19.3 Å². The van der Waals surface area contributed by atoms with Crippen LogP contribution < -0.4 is 5.56 Å². The zero-order valence-corrected chi connectivity index (χ0v) is 17.6. The van der Waals surface area contributed by atoms with E-state index in [0.29, 0.717) is 22.0 Å². The Morgan fingerprint density at radius 1 is 1.32 bits per heavy atom. The number of aryl methyl sites for hydroxylation is 1. The lowest BCUT2D eigenvalue weighted by atomic mass is 9.96. The molecular formula is C19H20N4O3S2. The van der Waals surface area contributed by atoms with Gasteiger partial charge in [0.15, 0.2) is 9.99 Å². The molecule has 0 spiro atoms. The van der Waals surface area contributed by atoms with Crippen molar-refractivity contribution in [3.05, 3.63) is 51.9 Å². The van der Waals surface area contributed by atoms with Crippen molar-refractivity contribution < 1.29 is 9.32 Å². The molecule has 0 radical (unpaired) electrons. The smallest absolute Gasteiger partial charge is 0.291 e. The largest absolute Gasteiger partial charge is 0.386 e. The van der Waals surface area contributed by atoms with Gasteiger partial charge in [-0.15, -0.1) is 11.3 Å². The van der Waals surface area contributed by atoms with Gasteiger partial charge in [-0.05, 0) is 25.0 Å². The summed E-state index contributed by atoms with van der Waals surface area (Å²) >= 11 is 1.33. The Labute approximate surface area is 167 Å². The van der Waals surface area contributed by atoms with Crippen LogP contribution in [0.1, 0.15) is 25.0 Å². The standard InChI is InChI=1S/C19H20N4O3S2/c1-19(2,25)12-7-5-6-11(8-12)10-23-17(24)14-13(9-20-23)15-16(22(14)3)21-18(27-15)28(4)26/h5-9,25H,10H2,1-4H3. The molecular weight excluding hydrogens is 396 g/mol. The molecule has 7 nitrogen and oxygen atoms in total. The monoisotopic (exact) mass is 416 g/mol. The quantitative estimate of drug-likeness (QED) is 0.552. The van der Waals surface area contributed by atoms with Crippen LogP contribution in [-0.2, 0) is 30.0 Å². The third-order valence-corrected chi connectivity index (χ3v) is 7.13. The summed E-state index contributed by atoms with van der Waals surface area (Å²) in [4.78, 5) is 17.5. The average Bonchev–Trinajstić information content (AvgIpc) is 3.17. The van der Waals surface area contributed by atoms with Gasteiger partial charge in [0.05, 0.1) is 33.8 Å². The van der Waals surface area contributed by atoms with Crippen LogP contribution in [0.4, 0.5) is 0 Å². The fraction of sp³-hybridized carbons (Fsp3) is 0.316. The van der Waals surface area contributed by atoms with Crippen LogP contribution in [0.2, 0.25) is 0 Å². The van der Waals surface area contributed by atoms with Gasteiger partial charge in [0.25, 0.3) is 5.56 Å². The molecule has 0 aliphatic carbocycles. The van der Waals surface area contributed by atoms with E-state index in [0.717, 1.165) is 21.2 Å². The first-order chi connectivity index (χ1) is 13.2. The first kappa shape index (κ1) is 19.0. The molecule has 1 atom stereocenters. The van der Waals surface area contributed by atoms with E-state index in [1.165, 1.54) is 16.0 Å².